The van der Waals surface area contributed by atoms with Gasteiger partial charge in [-0.2, -0.15) is 0 Å². The van der Waals surface area contributed by atoms with Gasteiger partial charge in [-0.25, -0.2) is 0 Å². The Bertz CT molecular complexity index is 928. The van der Waals surface area contributed by atoms with Crippen molar-refractivity contribution in [1.82, 2.24) is 0 Å². The van der Waals surface area contributed by atoms with Crippen molar-refractivity contribution in [3.63, 3.8) is 0 Å². The molecule has 0 radical (unpaired) electrons. The van der Waals surface area contributed by atoms with Crippen LogP contribution in [0.3, 0.4) is 0 Å². The Kier molecular flexibility index (Phi) is 5.67. The molecule has 0 unspecified atom stereocenters. The smallest absolute Gasteiger partial charge is 0.251 e. The van der Waals surface area contributed by atoms with Crippen molar-refractivity contribution in [2.45, 2.75) is 38.5 Å². The van der Waals surface area contributed by atoms with Crippen LogP contribution in [-0.2, 0) is 17.6 Å². The third-order valence-electron chi connectivity index (χ3n) is 5.91. The van der Waals surface area contributed by atoms with Gasteiger partial charge in [-0.15, -0.1) is 11.3 Å². The molecule has 0 bridgehead atoms. The number of aldehydes is 1. The molecule has 1 fully saturated rings. The molecular formula is C22H25N3O3S. The summed E-state index contributed by atoms with van der Waals surface area (Å²) in [6, 6.07) is 7.51. The van der Waals surface area contributed by atoms with Gasteiger partial charge in [-0.05, 0) is 68.4 Å². The number of anilines is 2. The van der Waals surface area contributed by atoms with Gasteiger partial charge in [0, 0.05) is 35.1 Å². The number of nitrogens with one attached hydrogen (secondary N) is 1. The minimum atomic E-state index is -0.451. The number of hydrogen-bond acceptors (Lipinski definition) is 5. The van der Waals surface area contributed by atoms with Crippen LogP contribution in [0.1, 0.15) is 56.8 Å². The predicted octanol–water partition coefficient (Wildman–Crippen LogP) is 3.39. The first-order chi connectivity index (χ1) is 14.1. The summed E-state index contributed by atoms with van der Waals surface area (Å²) < 4.78 is 0. The number of fused-ring (bicyclic) bond motifs is 1. The summed E-state index contributed by atoms with van der Waals surface area (Å²) in [4.78, 5) is 39.1. The number of piperidine rings is 1. The second-order valence-electron chi connectivity index (χ2n) is 7.74. The molecular weight excluding hydrogens is 386 g/mol. The SMILES string of the molecule is NC(=O)c1c(NC(=O)C2CCN(c3ccc(C=O)cc3)CC2)sc2c1CCCC2. The van der Waals surface area contributed by atoms with E-state index in [1.165, 1.54) is 16.2 Å². The zero-order chi connectivity index (χ0) is 20.4. The molecule has 3 N–H and O–H groups in total. The minimum absolute atomic E-state index is 0.0259. The highest BCUT2D eigenvalue weighted by atomic mass is 32.1. The first-order valence-corrected chi connectivity index (χ1v) is 10.9. The Balaban J connectivity index is 1.41. The van der Waals surface area contributed by atoms with E-state index in [1.54, 1.807) is 0 Å². The third kappa shape index (κ3) is 4.05. The molecule has 2 aliphatic rings. The van der Waals surface area contributed by atoms with E-state index in [0.717, 1.165) is 69.2 Å². The number of amides is 2. The molecule has 4 rings (SSSR count). The molecule has 2 heterocycles. The molecule has 0 saturated carbocycles. The van der Waals surface area contributed by atoms with Crippen molar-refractivity contribution >= 4 is 40.1 Å². The highest BCUT2D eigenvalue weighted by Gasteiger charge is 2.29. The van der Waals surface area contributed by atoms with Crippen LogP contribution >= 0.6 is 11.3 Å². The van der Waals surface area contributed by atoms with E-state index in [9.17, 15) is 14.4 Å². The van der Waals surface area contributed by atoms with Crippen molar-refractivity contribution in [2.24, 2.45) is 11.7 Å². The number of carbonyl (C=O) groups excluding carboxylic acids is 3. The molecule has 1 aliphatic heterocycles. The zero-order valence-corrected chi connectivity index (χ0v) is 17.1. The van der Waals surface area contributed by atoms with E-state index in [2.05, 4.69) is 10.2 Å². The molecule has 7 heteroatoms. The summed E-state index contributed by atoms with van der Waals surface area (Å²) in [6.07, 6.45) is 6.33. The largest absolute Gasteiger partial charge is 0.371 e. The highest BCUT2D eigenvalue weighted by molar-refractivity contribution is 7.17. The fraction of sp³-hybridized carbons (Fsp3) is 0.409. The first-order valence-electron chi connectivity index (χ1n) is 10.1. The molecule has 1 saturated heterocycles. The van der Waals surface area contributed by atoms with E-state index in [0.29, 0.717) is 16.1 Å². The number of hydrogen-bond donors (Lipinski definition) is 2. The van der Waals surface area contributed by atoms with Crippen LogP contribution in [0, 0.1) is 5.92 Å². The number of nitrogens with zero attached hydrogens (tertiary/aromatic N) is 1. The van der Waals surface area contributed by atoms with E-state index in [4.69, 9.17) is 5.73 Å². The van der Waals surface area contributed by atoms with E-state index in [1.807, 2.05) is 24.3 Å². The molecule has 0 atom stereocenters. The zero-order valence-electron chi connectivity index (χ0n) is 16.3. The molecule has 6 nitrogen and oxygen atoms in total. The maximum absolute atomic E-state index is 12.9. The maximum atomic E-state index is 12.9. The Morgan fingerprint density at radius 1 is 1.10 bits per heavy atom. The van der Waals surface area contributed by atoms with Crippen LogP contribution in [0.15, 0.2) is 24.3 Å². The summed E-state index contributed by atoms with van der Waals surface area (Å²) in [5, 5.41) is 3.64. The molecule has 0 spiro atoms. The van der Waals surface area contributed by atoms with Gasteiger partial charge in [0.1, 0.15) is 11.3 Å². The number of benzene rings is 1. The third-order valence-corrected chi connectivity index (χ3v) is 7.12. The van der Waals surface area contributed by atoms with Crippen LogP contribution in [-0.4, -0.2) is 31.2 Å². The number of aryl methyl sites for hydroxylation is 1. The number of thiophene rings is 1. The molecule has 1 aromatic carbocycles. The van der Waals surface area contributed by atoms with Gasteiger partial charge in [0.15, 0.2) is 0 Å². The van der Waals surface area contributed by atoms with Gasteiger partial charge in [0.25, 0.3) is 5.91 Å². The van der Waals surface area contributed by atoms with Gasteiger partial charge < -0.3 is 16.0 Å². The van der Waals surface area contributed by atoms with Crippen molar-refractivity contribution < 1.29 is 14.4 Å². The maximum Gasteiger partial charge on any atom is 0.251 e. The first kappa shape index (κ1) is 19.6. The van der Waals surface area contributed by atoms with E-state index < -0.39 is 5.91 Å². The van der Waals surface area contributed by atoms with Crippen LogP contribution in [0.5, 0.6) is 0 Å². The molecule has 29 heavy (non-hydrogen) atoms. The Morgan fingerprint density at radius 3 is 2.45 bits per heavy atom. The van der Waals surface area contributed by atoms with Crippen LogP contribution < -0.4 is 16.0 Å². The monoisotopic (exact) mass is 411 g/mol. The van der Waals surface area contributed by atoms with Gasteiger partial charge in [-0.3, -0.25) is 14.4 Å². The molecule has 2 aromatic rings. The second kappa shape index (κ2) is 8.37. The van der Waals surface area contributed by atoms with E-state index in [-0.39, 0.29) is 11.8 Å². The number of nitrogens with two attached hydrogens (primary N) is 1. The fourth-order valence-electron chi connectivity index (χ4n) is 4.29. The summed E-state index contributed by atoms with van der Waals surface area (Å²) in [5.41, 5.74) is 8.91. The lowest BCUT2D eigenvalue weighted by atomic mass is 9.94. The highest BCUT2D eigenvalue weighted by Crippen LogP contribution is 2.38. The lowest BCUT2D eigenvalue weighted by Gasteiger charge is -2.33. The molecule has 152 valence electrons. The molecule has 2 amide bonds. The van der Waals surface area contributed by atoms with Gasteiger partial charge in [0.05, 0.1) is 5.56 Å². The van der Waals surface area contributed by atoms with Crippen molar-refractivity contribution in [1.29, 1.82) is 0 Å². The van der Waals surface area contributed by atoms with E-state index >= 15 is 0 Å². The lowest BCUT2D eigenvalue weighted by Crippen LogP contribution is -2.38. The van der Waals surface area contributed by atoms with Gasteiger partial charge in [0.2, 0.25) is 5.91 Å². The van der Waals surface area contributed by atoms with Gasteiger partial charge in [-0.1, -0.05) is 0 Å². The van der Waals surface area contributed by atoms with Crippen LogP contribution in [0.4, 0.5) is 10.7 Å². The number of rotatable bonds is 5. The standard InChI is InChI=1S/C22H25N3O3S/c23-20(27)19-17-3-1-2-4-18(17)29-22(19)24-21(28)15-9-11-25(12-10-15)16-7-5-14(13-26)6-8-16/h5-8,13,15H,1-4,9-12H2,(H2,23,27)(H,24,28). The average Bonchev–Trinajstić information content (AvgIpc) is 3.12. The van der Waals surface area contributed by atoms with Crippen molar-refractivity contribution in [2.75, 3.05) is 23.3 Å². The van der Waals surface area contributed by atoms with Crippen molar-refractivity contribution in [3.05, 3.63) is 45.8 Å². The normalized spacial score (nSPS) is 16.9. The summed E-state index contributed by atoms with van der Waals surface area (Å²) >= 11 is 1.51. The summed E-state index contributed by atoms with van der Waals surface area (Å²) in [7, 11) is 0. The number of primary amides is 1. The average molecular weight is 412 g/mol. The fourth-order valence-corrected chi connectivity index (χ4v) is 5.59. The topological polar surface area (TPSA) is 92.5 Å². The number of carbonyl (C=O) groups is 3. The molecule has 1 aliphatic carbocycles. The Morgan fingerprint density at radius 2 is 1.79 bits per heavy atom. The second-order valence-corrected chi connectivity index (χ2v) is 8.84. The predicted molar refractivity (Wildman–Crippen MR) is 115 cm³/mol. The van der Waals surface area contributed by atoms with Crippen LogP contribution in [0.2, 0.25) is 0 Å². The van der Waals surface area contributed by atoms with Gasteiger partial charge >= 0.3 is 0 Å². The van der Waals surface area contributed by atoms with Crippen LogP contribution in [0.25, 0.3) is 0 Å². The summed E-state index contributed by atoms with van der Waals surface area (Å²) in [5.74, 6) is -0.560. The van der Waals surface area contributed by atoms with Crippen molar-refractivity contribution in [3.8, 4) is 0 Å². The Labute approximate surface area is 174 Å². The lowest BCUT2D eigenvalue weighted by molar-refractivity contribution is -0.120. The summed E-state index contributed by atoms with van der Waals surface area (Å²) in [6.45, 7) is 1.56. The molecule has 1 aromatic heterocycles. The Hall–Kier alpha value is -2.67. The minimum Gasteiger partial charge on any atom is -0.371 e. The quantitative estimate of drug-likeness (QED) is 0.738.